The summed E-state index contributed by atoms with van der Waals surface area (Å²) in [4.78, 5) is 32.8. The first-order chi connectivity index (χ1) is 17.4. The van der Waals surface area contributed by atoms with E-state index in [2.05, 4.69) is 27.4 Å². The SMILES string of the molecule is COc1cnc(C(F)F)cc1-c1cc(N2CCCCC2=O)ncc1[C-]=O.N=[C-]SC(=N)C#CC1CC1.[Ni+2]. The number of hydrogen-bond acceptors (Lipinski definition) is 8. The van der Waals surface area contributed by atoms with Gasteiger partial charge in [0.2, 0.25) is 5.91 Å². The number of hydrogen-bond donors (Lipinski definition) is 2. The number of pyridine rings is 2. The van der Waals surface area contributed by atoms with Crippen molar-refractivity contribution >= 4 is 40.4 Å². The molecular formula is C25H23F2N5NiO3S. The molecule has 8 nitrogen and oxygen atoms in total. The molecule has 0 atom stereocenters. The maximum Gasteiger partial charge on any atom is 2.00 e. The molecule has 0 bridgehead atoms. The Bertz CT molecular complexity index is 1210. The van der Waals surface area contributed by atoms with E-state index in [0.29, 0.717) is 30.3 Å². The van der Waals surface area contributed by atoms with Crippen LogP contribution in [0.1, 0.15) is 49.8 Å². The molecule has 0 aromatic carbocycles. The van der Waals surface area contributed by atoms with Gasteiger partial charge in [-0.3, -0.25) is 31.8 Å². The number of piperidine rings is 1. The Balaban J connectivity index is 0.000000369. The number of nitrogens with one attached hydrogen (secondary N) is 2. The van der Waals surface area contributed by atoms with Crippen LogP contribution < -0.4 is 9.64 Å². The number of carbonyl (C=O) groups is 1. The van der Waals surface area contributed by atoms with E-state index in [1.54, 1.807) is 6.29 Å². The second-order valence-electron chi connectivity index (χ2n) is 7.88. The van der Waals surface area contributed by atoms with Crippen molar-refractivity contribution in [1.82, 2.24) is 9.97 Å². The standard InChI is InChI=1S/C18H16F2N3O3.C7H7N2S.Ni/c1-26-15-9-21-14(18(19)20)6-13(15)12-7-16(22-8-11(12)10-24)23-5-3-2-4-17(23)25;8-5-10-7(9)4-3-6-1-2-6;/h6-9,18H,2-5H2,1H3;6,8-9H,1-2H2;/q2*-1;+2. The molecule has 1 aliphatic heterocycles. The van der Waals surface area contributed by atoms with Crippen molar-refractivity contribution in [3.8, 4) is 28.7 Å². The molecule has 0 spiro atoms. The van der Waals surface area contributed by atoms with Crippen LogP contribution in [-0.4, -0.2) is 46.4 Å². The summed E-state index contributed by atoms with van der Waals surface area (Å²) in [6.07, 6.45) is 5.89. The van der Waals surface area contributed by atoms with Crippen molar-refractivity contribution in [2.24, 2.45) is 5.92 Å². The fourth-order valence-corrected chi connectivity index (χ4v) is 3.58. The van der Waals surface area contributed by atoms with Crippen LogP contribution in [0.2, 0.25) is 0 Å². The fraction of sp³-hybridized carbons (Fsp3) is 0.360. The summed E-state index contributed by atoms with van der Waals surface area (Å²) >= 11 is 0.927. The third-order valence-electron chi connectivity index (χ3n) is 5.34. The zero-order chi connectivity index (χ0) is 26.1. The molecule has 0 radical (unpaired) electrons. The molecule has 2 aromatic heterocycles. The number of methoxy groups -OCH3 is 1. The Labute approximate surface area is 227 Å². The number of ether oxygens (including phenoxy) is 1. The Kier molecular flexibility index (Phi) is 11.8. The third-order valence-corrected chi connectivity index (χ3v) is 5.75. The predicted octanol–water partition coefficient (Wildman–Crippen LogP) is 4.66. The van der Waals surface area contributed by atoms with Gasteiger partial charge < -0.3 is 25.5 Å². The van der Waals surface area contributed by atoms with Crippen LogP contribution in [0, 0.1) is 28.6 Å². The molecule has 2 fully saturated rings. The zero-order valence-electron chi connectivity index (χ0n) is 19.8. The van der Waals surface area contributed by atoms with Crippen LogP contribution in [0.3, 0.4) is 0 Å². The van der Waals surface area contributed by atoms with E-state index in [4.69, 9.17) is 15.6 Å². The summed E-state index contributed by atoms with van der Waals surface area (Å²) in [6.45, 7) is 0.519. The molecule has 1 aliphatic carbocycles. The van der Waals surface area contributed by atoms with E-state index < -0.39 is 12.1 Å². The molecule has 37 heavy (non-hydrogen) atoms. The van der Waals surface area contributed by atoms with E-state index in [-0.39, 0.29) is 44.3 Å². The summed E-state index contributed by atoms with van der Waals surface area (Å²) in [5, 5.41) is 13.9. The van der Waals surface area contributed by atoms with Gasteiger partial charge in [0.15, 0.2) is 0 Å². The van der Waals surface area contributed by atoms with Crippen LogP contribution in [0.25, 0.3) is 11.1 Å². The zero-order valence-corrected chi connectivity index (χ0v) is 21.6. The average Bonchev–Trinajstić information content (AvgIpc) is 3.72. The molecule has 12 heteroatoms. The van der Waals surface area contributed by atoms with Gasteiger partial charge in [0.05, 0.1) is 19.6 Å². The largest absolute Gasteiger partial charge is 2.00 e. The minimum atomic E-state index is -2.77. The summed E-state index contributed by atoms with van der Waals surface area (Å²) < 4.78 is 31.3. The molecular weight excluding hydrogens is 547 g/mol. The number of carbonyl (C=O) groups excluding carboxylic acids is 2. The second kappa shape index (κ2) is 14.5. The van der Waals surface area contributed by atoms with Crippen LogP contribution in [-0.2, 0) is 26.1 Å². The number of amides is 1. The summed E-state index contributed by atoms with van der Waals surface area (Å²) in [6, 6.07) is 2.69. The van der Waals surface area contributed by atoms with Crippen LogP contribution in [0.15, 0.2) is 24.5 Å². The van der Waals surface area contributed by atoms with Crippen LogP contribution in [0.4, 0.5) is 14.6 Å². The molecule has 2 aromatic rings. The number of rotatable bonds is 6. The molecule has 1 saturated heterocycles. The third kappa shape index (κ3) is 8.44. The first kappa shape index (κ1) is 30.1. The van der Waals surface area contributed by atoms with Gasteiger partial charge in [0.25, 0.3) is 6.43 Å². The van der Waals surface area contributed by atoms with E-state index in [1.165, 1.54) is 49.4 Å². The van der Waals surface area contributed by atoms with Crippen molar-refractivity contribution in [2.45, 2.75) is 38.5 Å². The van der Waals surface area contributed by atoms with Gasteiger partial charge in [0.1, 0.15) is 22.3 Å². The summed E-state index contributed by atoms with van der Waals surface area (Å²) in [7, 11) is 1.38. The first-order valence-corrected chi connectivity index (χ1v) is 11.9. The minimum Gasteiger partial charge on any atom is -0.508 e. The predicted molar refractivity (Wildman–Crippen MR) is 134 cm³/mol. The number of alkyl halides is 2. The minimum absolute atomic E-state index is 0. The molecule has 3 heterocycles. The van der Waals surface area contributed by atoms with Crippen LogP contribution in [0.5, 0.6) is 5.75 Å². The van der Waals surface area contributed by atoms with E-state index >= 15 is 0 Å². The molecule has 2 aliphatic rings. The topological polar surface area (TPSA) is 120 Å². The van der Waals surface area contributed by atoms with Crippen molar-refractivity contribution in [3.63, 3.8) is 0 Å². The Morgan fingerprint density at radius 2 is 2.00 bits per heavy atom. The number of aromatic nitrogens is 2. The smallest absolute Gasteiger partial charge is 0.508 e. The Hall–Kier alpha value is -3.16. The number of thioether (sulfide) groups is 1. The summed E-state index contributed by atoms with van der Waals surface area (Å²) in [5.74, 6) is 6.65. The van der Waals surface area contributed by atoms with Gasteiger partial charge in [-0.1, -0.05) is 18.2 Å². The van der Waals surface area contributed by atoms with Crippen molar-refractivity contribution in [2.75, 3.05) is 18.6 Å². The summed E-state index contributed by atoms with van der Waals surface area (Å²) in [5.41, 5.74) is 2.28. The quantitative estimate of drug-likeness (QED) is 0.172. The number of halogens is 2. The molecule has 2 N–H and O–H groups in total. The Morgan fingerprint density at radius 3 is 2.59 bits per heavy atom. The molecule has 4 rings (SSSR count). The van der Waals surface area contributed by atoms with E-state index in [1.807, 2.05) is 0 Å². The van der Waals surface area contributed by atoms with E-state index in [9.17, 15) is 18.4 Å². The van der Waals surface area contributed by atoms with Gasteiger partial charge >= 0.3 is 16.5 Å². The van der Waals surface area contributed by atoms with Crippen LogP contribution >= 0.6 is 11.8 Å². The normalized spacial score (nSPS) is 14.4. The molecule has 1 amide bonds. The Morgan fingerprint density at radius 1 is 1.24 bits per heavy atom. The van der Waals surface area contributed by atoms with Gasteiger partial charge in [0, 0.05) is 18.9 Å². The van der Waals surface area contributed by atoms with Gasteiger partial charge in [-0.15, -0.1) is 11.1 Å². The maximum atomic E-state index is 13.1. The number of nitrogens with zero attached hydrogens (tertiary/aromatic N) is 3. The molecule has 0 unspecified atom stereocenters. The first-order valence-electron chi connectivity index (χ1n) is 11.1. The van der Waals surface area contributed by atoms with Gasteiger partial charge in [-0.05, 0) is 43.2 Å². The maximum absolute atomic E-state index is 13.1. The van der Waals surface area contributed by atoms with Crippen molar-refractivity contribution in [1.29, 1.82) is 10.8 Å². The van der Waals surface area contributed by atoms with Gasteiger partial charge in [-0.25, -0.2) is 8.78 Å². The number of anilines is 1. The van der Waals surface area contributed by atoms with Crippen molar-refractivity contribution < 1.29 is 39.6 Å². The average molecular weight is 570 g/mol. The molecule has 196 valence electrons. The van der Waals surface area contributed by atoms with Crippen molar-refractivity contribution in [3.05, 3.63) is 35.8 Å². The van der Waals surface area contributed by atoms with E-state index in [0.717, 1.165) is 24.6 Å². The second-order valence-corrected chi connectivity index (χ2v) is 8.70. The molecule has 1 saturated carbocycles. The van der Waals surface area contributed by atoms with Gasteiger partial charge in [-0.2, -0.15) is 0 Å². The fourth-order valence-electron chi connectivity index (χ4n) is 3.37. The monoisotopic (exact) mass is 569 g/mol.